The number of nitrogens with one attached hydrogen (secondary N) is 2. The van der Waals surface area contributed by atoms with Gasteiger partial charge in [-0.2, -0.15) is 0 Å². The van der Waals surface area contributed by atoms with Crippen LogP contribution in [0.2, 0.25) is 5.02 Å². The van der Waals surface area contributed by atoms with Gasteiger partial charge in [-0.1, -0.05) is 41.9 Å². The lowest BCUT2D eigenvalue weighted by molar-refractivity contribution is -0.131. The fourth-order valence-electron chi connectivity index (χ4n) is 3.53. The van der Waals surface area contributed by atoms with E-state index in [0.29, 0.717) is 5.02 Å². The number of halogens is 1. The minimum Gasteiger partial charge on any atom is -0.338 e. The second-order valence-corrected chi connectivity index (χ2v) is 6.95. The lowest BCUT2D eigenvalue weighted by atomic mass is 9.83. The van der Waals surface area contributed by atoms with Crippen molar-refractivity contribution in [3.05, 3.63) is 59.1 Å². The summed E-state index contributed by atoms with van der Waals surface area (Å²) < 4.78 is 0. The molecule has 2 N–H and O–H groups in total. The summed E-state index contributed by atoms with van der Waals surface area (Å²) >= 11 is 6.11. The van der Waals surface area contributed by atoms with E-state index in [0.717, 1.165) is 29.5 Å². The Labute approximate surface area is 145 Å². The molecule has 1 aliphatic carbocycles. The third-order valence-electron chi connectivity index (χ3n) is 4.96. The van der Waals surface area contributed by atoms with Gasteiger partial charge < -0.3 is 5.32 Å². The quantitative estimate of drug-likeness (QED) is 0.897. The molecule has 122 valence electrons. The zero-order chi connectivity index (χ0) is 16.9. The second kappa shape index (κ2) is 5.35. The number of carbonyl (C=O) groups excluding carboxylic acids is 1. The standard InChI is InChI=1S/C19H18ClN3O/c1-23-17(24)19(14-8-9-14,22-18(23)21)15-6-2-4-12(10-15)13-5-3-7-16(20)11-13/h2-7,10-11,14H,8-9H2,1H3,(H2,21,22). The molecule has 0 radical (unpaired) electrons. The fraction of sp³-hybridized carbons (Fsp3) is 0.263. The molecule has 0 bridgehead atoms. The van der Waals surface area contributed by atoms with Crippen LogP contribution in [0, 0.1) is 11.3 Å². The molecule has 1 unspecified atom stereocenters. The van der Waals surface area contributed by atoms with Crippen LogP contribution in [0.3, 0.4) is 0 Å². The molecule has 1 saturated heterocycles. The monoisotopic (exact) mass is 339 g/mol. The second-order valence-electron chi connectivity index (χ2n) is 6.51. The Morgan fingerprint density at radius 1 is 1.17 bits per heavy atom. The number of rotatable bonds is 3. The first-order valence-electron chi connectivity index (χ1n) is 8.04. The summed E-state index contributed by atoms with van der Waals surface area (Å²) in [5.41, 5.74) is 2.15. The molecule has 4 nitrogen and oxygen atoms in total. The number of hydrogen-bond acceptors (Lipinski definition) is 2. The van der Waals surface area contributed by atoms with Gasteiger partial charge in [0.15, 0.2) is 5.96 Å². The largest absolute Gasteiger partial charge is 0.338 e. The SMILES string of the molecule is CN1C(=N)NC(c2cccc(-c3cccc(Cl)c3)c2)(C2CC2)C1=O. The van der Waals surface area contributed by atoms with E-state index in [-0.39, 0.29) is 17.8 Å². The van der Waals surface area contributed by atoms with Crippen LogP contribution in [0.1, 0.15) is 18.4 Å². The number of amides is 1. The highest BCUT2D eigenvalue weighted by molar-refractivity contribution is 6.30. The Morgan fingerprint density at radius 3 is 2.42 bits per heavy atom. The van der Waals surface area contributed by atoms with Gasteiger partial charge in [0, 0.05) is 12.1 Å². The maximum Gasteiger partial charge on any atom is 0.259 e. The van der Waals surface area contributed by atoms with Crippen molar-refractivity contribution < 1.29 is 4.79 Å². The van der Waals surface area contributed by atoms with Crippen LogP contribution in [0.15, 0.2) is 48.5 Å². The zero-order valence-electron chi connectivity index (χ0n) is 13.3. The van der Waals surface area contributed by atoms with Gasteiger partial charge in [-0.25, -0.2) is 0 Å². The van der Waals surface area contributed by atoms with E-state index in [1.807, 2.05) is 48.5 Å². The van der Waals surface area contributed by atoms with Crippen molar-refractivity contribution in [2.24, 2.45) is 5.92 Å². The summed E-state index contributed by atoms with van der Waals surface area (Å²) in [6.07, 6.45) is 2.00. The van der Waals surface area contributed by atoms with Crippen molar-refractivity contribution in [2.75, 3.05) is 7.05 Å². The molecule has 1 atom stereocenters. The average Bonchev–Trinajstić information content (AvgIpc) is 3.40. The van der Waals surface area contributed by atoms with E-state index in [2.05, 4.69) is 5.32 Å². The number of likely N-dealkylation sites (N-methyl/N-ethyl adjacent to an activating group) is 1. The van der Waals surface area contributed by atoms with Gasteiger partial charge in [-0.15, -0.1) is 0 Å². The van der Waals surface area contributed by atoms with Crippen molar-refractivity contribution in [1.29, 1.82) is 5.41 Å². The number of guanidine groups is 1. The molecule has 5 heteroatoms. The Morgan fingerprint density at radius 2 is 1.83 bits per heavy atom. The summed E-state index contributed by atoms with van der Waals surface area (Å²) in [5, 5.41) is 11.9. The number of nitrogens with zero attached hydrogens (tertiary/aromatic N) is 1. The van der Waals surface area contributed by atoms with Crippen molar-refractivity contribution >= 4 is 23.5 Å². The lowest BCUT2D eigenvalue weighted by Gasteiger charge is -2.28. The topological polar surface area (TPSA) is 56.2 Å². The maximum atomic E-state index is 12.9. The van der Waals surface area contributed by atoms with E-state index in [9.17, 15) is 4.79 Å². The Bertz CT molecular complexity index is 846. The van der Waals surface area contributed by atoms with Gasteiger partial charge in [-0.3, -0.25) is 15.1 Å². The van der Waals surface area contributed by atoms with E-state index in [4.69, 9.17) is 17.0 Å². The summed E-state index contributed by atoms with van der Waals surface area (Å²) in [5.74, 6) is 0.364. The predicted molar refractivity (Wildman–Crippen MR) is 94.9 cm³/mol. The van der Waals surface area contributed by atoms with Crippen molar-refractivity contribution in [1.82, 2.24) is 10.2 Å². The average molecular weight is 340 g/mol. The van der Waals surface area contributed by atoms with Crippen LogP contribution < -0.4 is 5.32 Å². The van der Waals surface area contributed by atoms with Crippen LogP contribution in [-0.2, 0) is 10.3 Å². The normalized spacial score (nSPS) is 23.5. The smallest absolute Gasteiger partial charge is 0.259 e. The molecule has 0 spiro atoms. The van der Waals surface area contributed by atoms with Crippen LogP contribution in [0.4, 0.5) is 0 Å². The first-order valence-corrected chi connectivity index (χ1v) is 8.41. The van der Waals surface area contributed by atoms with Gasteiger partial charge in [0.25, 0.3) is 5.91 Å². The molecule has 1 saturated carbocycles. The maximum absolute atomic E-state index is 12.9. The van der Waals surface area contributed by atoms with Gasteiger partial charge in [0.05, 0.1) is 0 Å². The summed E-state index contributed by atoms with van der Waals surface area (Å²) in [7, 11) is 1.66. The van der Waals surface area contributed by atoms with Crippen LogP contribution in [-0.4, -0.2) is 23.8 Å². The molecule has 2 fully saturated rings. The minimum absolute atomic E-state index is 0.0433. The van der Waals surface area contributed by atoms with Crippen molar-refractivity contribution in [3.63, 3.8) is 0 Å². The summed E-state index contributed by atoms with van der Waals surface area (Å²) in [6, 6.07) is 15.7. The molecular weight excluding hydrogens is 322 g/mol. The molecule has 2 aliphatic rings. The van der Waals surface area contributed by atoms with Crippen molar-refractivity contribution in [2.45, 2.75) is 18.4 Å². The van der Waals surface area contributed by atoms with E-state index < -0.39 is 5.54 Å². The van der Waals surface area contributed by atoms with Gasteiger partial charge in [-0.05, 0) is 53.6 Å². The summed E-state index contributed by atoms with van der Waals surface area (Å²) in [4.78, 5) is 14.3. The molecule has 2 aromatic rings. The highest BCUT2D eigenvalue weighted by Gasteiger charge is 2.58. The molecule has 24 heavy (non-hydrogen) atoms. The fourth-order valence-corrected chi connectivity index (χ4v) is 3.72. The number of carbonyl (C=O) groups is 1. The molecule has 0 aromatic heterocycles. The van der Waals surface area contributed by atoms with E-state index in [1.54, 1.807) is 7.05 Å². The van der Waals surface area contributed by atoms with Crippen LogP contribution in [0.5, 0.6) is 0 Å². The third-order valence-corrected chi connectivity index (χ3v) is 5.19. The van der Waals surface area contributed by atoms with E-state index in [1.165, 1.54) is 4.90 Å². The first-order chi connectivity index (χ1) is 11.5. The highest BCUT2D eigenvalue weighted by Crippen LogP contribution is 2.49. The lowest BCUT2D eigenvalue weighted by Crippen LogP contribution is -2.46. The predicted octanol–water partition coefficient (Wildman–Crippen LogP) is 3.61. The molecule has 4 rings (SSSR count). The molecule has 1 heterocycles. The van der Waals surface area contributed by atoms with Crippen LogP contribution >= 0.6 is 11.6 Å². The zero-order valence-corrected chi connectivity index (χ0v) is 14.1. The minimum atomic E-state index is -0.805. The number of benzene rings is 2. The highest BCUT2D eigenvalue weighted by atomic mass is 35.5. The Balaban J connectivity index is 1.82. The molecule has 1 amide bonds. The molecule has 2 aromatic carbocycles. The van der Waals surface area contributed by atoms with Gasteiger partial charge >= 0.3 is 0 Å². The Hall–Kier alpha value is -2.33. The number of hydrogen-bond donors (Lipinski definition) is 2. The van der Waals surface area contributed by atoms with Crippen LogP contribution in [0.25, 0.3) is 11.1 Å². The van der Waals surface area contributed by atoms with Gasteiger partial charge in [0.2, 0.25) is 0 Å². The van der Waals surface area contributed by atoms with Crippen molar-refractivity contribution in [3.8, 4) is 11.1 Å². The molecule has 1 aliphatic heterocycles. The summed E-state index contributed by atoms with van der Waals surface area (Å²) in [6.45, 7) is 0. The third kappa shape index (κ3) is 2.21. The Kier molecular flexibility index (Phi) is 3.39. The van der Waals surface area contributed by atoms with Gasteiger partial charge in [0.1, 0.15) is 5.54 Å². The molecular formula is C19H18ClN3O. The first kappa shape index (κ1) is 15.2. The van der Waals surface area contributed by atoms with E-state index >= 15 is 0 Å².